The van der Waals surface area contributed by atoms with E-state index in [0.717, 1.165) is 31.7 Å². The van der Waals surface area contributed by atoms with Crippen LogP contribution in [0, 0.1) is 5.82 Å². The number of carbonyl (C=O) groups is 1. The van der Waals surface area contributed by atoms with Crippen LogP contribution < -0.4 is 11.1 Å². The van der Waals surface area contributed by atoms with Gasteiger partial charge in [0.2, 0.25) is 0 Å². The van der Waals surface area contributed by atoms with Crippen molar-refractivity contribution in [1.82, 2.24) is 10.3 Å². The standard InChI is InChI=1S/C13H20FN3O2/c1-2-3-6-19-7-4-5-16-13(18)11-8-10(14)9-17-12(11)15/h8-9H,2-7H2,1H3,(H2,15,17)(H,16,18). The van der Waals surface area contributed by atoms with Crippen LogP contribution >= 0.6 is 0 Å². The van der Waals surface area contributed by atoms with Crippen molar-refractivity contribution < 1.29 is 13.9 Å². The van der Waals surface area contributed by atoms with E-state index in [0.29, 0.717) is 19.6 Å². The highest BCUT2D eigenvalue weighted by atomic mass is 19.1. The van der Waals surface area contributed by atoms with Crippen molar-refractivity contribution in [2.45, 2.75) is 26.2 Å². The van der Waals surface area contributed by atoms with Crippen molar-refractivity contribution in [3.8, 4) is 0 Å². The monoisotopic (exact) mass is 269 g/mol. The third-order valence-corrected chi connectivity index (χ3v) is 2.52. The van der Waals surface area contributed by atoms with E-state index in [1.165, 1.54) is 0 Å². The molecule has 3 N–H and O–H groups in total. The van der Waals surface area contributed by atoms with Gasteiger partial charge in [-0.25, -0.2) is 9.37 Å². The van der Waals surface area contributed by atoms with Gasteiger partial charge in [-0.15, -0.1) is 0 Å². The molecule has 0 radical (unpaired) electrons. The minimum absolute atomic E-state index is 0.0260. The molecule has 0 spiro atoms. The number of rotatable bonds is 8. The first-order valence-corrected chi connectivity index (χ1v) is 6.42. The topological polar surface area (TPSA) is 77.2 Å². The van der Waals surface area contributed by atoms with Gasteiger partial charge in [0, 0.05) is 19.8 Å². The molecule has 0 saturated heterocycles. The molecule has 1 amide bonds. The Labute approximate surface area is 112 Å². The minimum atomic E-state index is -0.581. The summed E-state index contributed by atoms with van der Waals surface area (Å²) in [5.74, 6) is -0.974. The fraction of sp³-hybridized carbons (Fsp3) is 0.538. The Morgan fingerprint density at radius 2 is 2.21 bits per heavy atom. The average Bonchev–Trinajstić information content (AvgIpc) is 2.40. The van der Waals surface area contributed by atoms with Gasteiger partial charge >= 0.3 is 0 Å². The molecule has 1 rings (SSSR count). The highest BCUT2D eigenvalue weighted by molar-refractivity contribution is 5.98. The van der Waals surface area contributed by atoms with Gasteiger partial charge in [0.1, 0.15) is 11.6 Å². The van der Waals surface area contributed by atoms with Crippen LogP contribution in [0.5, 0.6) is 0 Å². The molecule has 0 bridgehead atoms. The van der Waals surface area contributed by atoms with E-state index in [1.807, 2.05) is 0 Å². The Morgan fingerprint density at radius 3 is 2.95 bits per heavy atom. The number of nitrogens with two attached hydrogens (primary N) is 1. The number of aromatic nitrogens is 1. The van der Waals surface area contributed by atoms with E-state index in [1.54, 1.807) is 0 Å². The number of carbonyl (C=O) groups excluding carboxylic acids is 1. The van der Waals surface area contributed by atoms with Crippen molar-refractivity contribution >= 4 is 11.7 Å². The number of unbranched alkanes of at least 4 members (excludes halogenated alkanes) is 1. The molecule has 1 heterocycles. The van der Waals surface area contributed by atoms with Gasteiger partial charge < -0.3 is 15.8 Å². The quantitative estimate of drug-likeness (QED) is 0.705. The average molecular weight is 269 g/mol. The van der Waals surface area contributed by atoms with Crippen LogP contribution in [0.25, 0.3) is 0 Å². The number of hydrogen-bond donors (Lipinski definition) is 2. The molecular formula is C13H20FN3O2. The van der Waals surface area contributed by atoms with Crippen LogP contribution in [-0.4, -0.2) is 30.6 Å². The first kappa shape index (κ1) is 15.4. The fourth-order valence-electron chi connectivity index (χ4n) is 1.45. The number of nitrogens with zero attached hydrogens (tertiary/aromatic N) is 1. The lowest BCUT2D eigenvalue weighted by atomic mass is 10.2. The number of nitrogen functional groups attached to an aromatic ring is 1. The largest absolute Gasteiger partial charge is 0.383 e. The SMILES string of the molecule is CCCCOCCCNC(=O)c1cc(F)cnc1N. The van der Waals surface area contributed by atoms with Crippen molar-refractivity contribution in [2.75, 3.05) is 25.5 Å². The Balaban J connectivity index is 2.26. The summed E-state index contributed by atoms with van der Waals surface area (Å²) >= 11 is 0. The second kappa shape index (κ2) is 8.42. The molecular weight excluding hydrogens is 249 g/mol. The molecule has 0 unspecified atom stereocenters. The van der Waals surface area contributed by atoms with Gasteiger partial charge in [0.25, 0.3) is 5.91 Å². The summed E-state index contributed by atoms with van der Waals surface area (Å²) < 4.78 is 18.3. The van der Waals surface area contributed by atoms with E-state index in [4.69, 9.17) is 10.5 Å². The van der Waals surface area contributed by atoms with E-state index in [9.17, 15) is 9.18 Å². The molecule has 5 nitrogen and oxygen atoms in total. The summed E-state index contributed by atoms with van der Waals surface area (Å²) in [6, 6.07) is 1.08. The maximum atomic E-state index is 13.0. The molecule has 0 fully saturated rings. The van der Waals surface area contributed by atoms with Crippen LogP contribution in [0.1, 0.15) is 36.5 Å². The van der Waals surface area contributed by atoms with Crippen LogP contribution in [0.15, 0.2) is 12.3 Å². The van der Waals surface area contributed by atoms with E-state index >= 15 is 0 Å². The van der Waals surface area contributed by atoms with Gasteiger partial charge in [-0.1, -0.05) is 13.3 Å². The first-order chi connectivity index (χ1) is 9.15. The number of ether oxygens (including phenoxy) is 1. The normalized spacial score (nSPS) is 10.4. The van der Waals surface area contributed by atoms with Crippen molar-refractivity contribution in [3.63, 3.8) is 0 Å². The van der Waals surface area contributed by atoms with Gasteiger partial charge in [-0.3, -0.25) is 4.79 Å². The van der Waals surface area contributed by atoms with Gasteiger partial charge in [-0.2, -0.15) is 0 Å². The molecule has 0 aliphatic rings. The summed E-state index contributed by atoms with van der Waals surface area (Å²) in [6.07, 6.45) is 3.83. The van der Waals surface area contributed by atoms with Crippen molar-refractivity contribution in [3.05, 3.63) is 23.6 Å². The number of nitrogens with one attached hydrogen (secondary N) is 1. The molecule has 1 aromatic rings. The lowest BCUT2D eigenvalue weighted by Crippen LogP contribution is -2.26. The lowest BCUT2D eigenvalue weighted by molar-refractivity contribution is 0.0940. The maximum Gasteiger partial charge on any atom is 0.255 e. The van der Waals surface area contributed by atoms with Crippen molar-refractivity contribution in [1.29, 1.82) is 0 Å². The Morgan fingerprint density at radius 1 is 1.47 bits per heavy atom. The van der Waals surface area contributed by atoms with Gasteiger partial charge in [-0.05, 0) is 18.9 Å². The van der Waals surface area contributed by atoms with Crippen molar-refractivity contribution in [2.24, 2.45) is 0 Å². The second-order valence-corrected chi connectivity index (χ2v) is 4.16. The molecule has 1 aromatic heterocycles. The third kappa shape index (κ3) is 5.65. The molecule has 0 saturated carbocycles. The lowest BCUT2D eigenvalue weighted by Gasteiger charge is -2.07. The molecule has 0 aliphatic carbocycles. The Hall–Kier alpha value is -1.69. The molecule has 106 valence electrons. The smallest absolute Gasteiger partial charge is 0.255 e. The maximum absolute atomic E-state index is 13.0. The second-order valence-electron chi connectivity index (χ2n) is 4.16. The number of hydrogen-bond acceptors (Lipinski definition) is 4. The van der Waals surface area contributed by atoms with Gasteiger partial charge in [0.15, 0.2) is 0 Å². The van der Waals surface area contributed by atoms with Crippen LogP contribution in [0.3, 0.4) is 0 Å². The molecule has 0 aliphatic heterocycles. The number of amides is 1. The summed E-state index contributed by atoms with van der Waals surface area (Å²) in [5, 5.41) is 2.65. The predicted molar refractivity (Wildman–Crippen MR) is 71.3 cm³/mol. The summed E-state index contributed by atoms with van der Waals surface area (Å²) in [4.78, 5) is 15.3. The fourth-order valence-corrected chi connectivity index (χ4v) is 1.45. The number of halogens is 1. The minimum Gasteiger partial charge on any atom is -0.383 e. The third-order valence-electron chi connectivity index (χ3n) is 2.52. The van der Waals surface area contributed by atoms with Gasteiger partial charge in [0.05, 0.1) is 11.8 Å². The zero-order valence-electron chi connectivity index (χ0n) is 11.1. The molecule has 6 heteroatoms. The van der Waals surface area contributed by atoms with Crippen LogP contribution in [0.4, 0.5) is 10.2 Å². The summed E-state index contributed by atoms with van der Waals surface area (Å²) in [5.41, 5.74) is 5.57. The first-order valence-electron chi connectivity index (χ1n) is 6.42. The highest BCUT2D eigenvalue weighted by Crippen LogP contribution is 2.09. The molecule has 0 atom stereocenters. The summed E-state index contributed by atoms with van der Waals surface area (Å²) in [7, 11) is 0. The molecule has 0 aromatic carbocycles. The zero-order chi connectivity index (χ0) is 14.1. The predicted octanol–water partition coefficient (Wildman–Crippen LogP) is 1.74. The van der Waals surface area contributed by atoms with E-state index < -0.39 is 11.7 Å². The molecule has 19 heavy (non-hydrogen) atoms. The van der Waals surface area contributed by atoms with Crippen LogP contribution in [-0.2, 0) is 4.74 Å². The highest BCUT2D eigenvalue weighted by Gasteiger charge is 2.11. The number of anilines is 1. The Bertz CT molecular complexity index is 413. The van der Waals surface area contributed by atoms with Crippen LogP contribution in [0.2, 0.25) is 0 Å². The Kier molecular flexibility index (Phi) is 6.81. The zero-order valence-corrected chi connectivity index (χ0v) is 11.1. The summed E-state index contributed by atoms with van der Waals surface area (Å²) in [6.45, 7) is 3.89. The van der Waals surface area contributed by atoms with E-state index in [2.05, 4.69) is 17.2 Å². The number of pyridine rings is 1. The van der Waals surface area contributed by atoms with E-state index in [-0.39, 0.29) is 11.4 Å².